The number of benzene rings is 1. The molecule has 17 heavy (non-hydrogen) atoms. The van der Waals surface area contributed by atoms with Gasteiger partial charge in [-0.25, -0.2) is 4.79 Å². The number of hydrogen-bond acceptors (Lipinski definition) is 3. The number of aliphatic hydroxyl groups excluding tert-OH is 1. The summed E-state index contributed by atoms with van der Waals surface area (Å²) in [5, 5.41) is 21.3. The van der Waals surface area contributed by atoms with Crippen LogP contribution >= 0.6 is 0 Å². The SMILES string of the molecule is Cc1cccc(C(=O)O)c1NC(C)(C)CCO. The van der Waals surface area contributed by atoms with Crippen LogP contribution in [-0.2, 0) is 0 Å². The molecule has 1 aromatic carbocycles. The van der Waals surface area contributed by atoms with E-state index in [9.17, 15) is 4.79 Å². The van der Waals surface area contributed by atoms with Crippen molar-refractivity contribution in [3.8, 4) is 0 Å². The molecule has 0 aromatic heterocycles. The van der Waals surface area contributed by atoms with Gasteiger partial charge in [-0.05, 0) is 38.8 Å². The van der Waals surface area contributed by atoms with Gasteiger partial charge in [-0.15, -0.1) is 0 Å². The second-order valence-corrected chi connectivity index (χ2v) is 4.79. The van der Waals surface area contributed by atoms with Gasteiger partial charge in [-0.3, -0.25) is 0 Å². The topological polar surface area (TPSA) is 69.6 Å². The predicted octanol–water partition coefficient (Wildman–Crippen LogP) is 2.27. The van der Waals surface area contributed by atoms with Crippen LogP contribution in [-0.4, -0.2) is 28.3 Å². The largest absolute Gasteiger partial charge is 0.478 e. The molecule has 0 bridgehead atoms. The number of rotatable bonds is 5. The van der Waals surface area contributed by atoms with E-state index in [1.54, 1.807) is 12.1 Å². The van der Waals surface area contributed by atoms with E-state index in [4.69, 9.17) is 10.2 Å². The molecule has 0 aliphatic carbocycles. The second-order valence-electron chi connectivity index (χ2n) is 4.79. The second kappa shape index (κ2) is 5.19. The molecule has 0 aliphatic heterocycles. The molecule has 0 heterocycles. The number of carboxylic acids is 1. The Hall–Kier alpha value is -1.55. The van der Waals surface area contributed by atoms with Crippen molar-refractivity contribution in [2.45, 2.75) is 32.7 Å². The van der Waals surface area contributed by atoms with Gasteiger partial charge in [0.15, 0.2) is 0 Å². The average molecular weight is 237 g/mol. The number of aromatic carboxylic acids is 1. The van der Waals surface area contributed by atoms with Gasteiger partial charge in [0, 0.05) is 12.1 Å². The summed E-state index contributed by atoms with van der Waals surface area (Å²) in [7, 11) is 0. The van der Waals surface area contributed by atoms with Crippen LogP contribution in [0.1, 0.15) is 36.2 Å². The third-order valence-corrected chi connectivity index (χ3v) is 2.70. The van der Waals surface area contributed by atoms with E-state index in [1.807, 2.05) is 26.8 Å². The van der Waals surface area contributed by atoms with Crippen molar-refractivity contribution in [2.75, 3.05) is 11.9 Å². The monoisotopic (exact) mass is 237 g/mol. The van der Waals surface area contributed by atoms with Gasteiger partial charge < -0.3 is 15.5 Å². The minimum absolute atomic E-state index is 0.0638. The van der Waals surface area contributed by atoms with Crippen molar-refractivity contribution in [1.82, 2.24) is 0 Å². The van der Waals surface area contributed by atoms with Crippen LogP contribution in [0.25, 0.3) is 0 Å². The molecule has 0 amide bonds. The first-order chi connectivity index (χ1) is 7.87. The third-order valence-electron chi connectivity index (χ3n) is 2.70. The number of carboxylic acid groups (broad SMARTS) is 1. The average Bonchev–Trinajstić information content (AvgIpc) is 2.20. The van der Waals surface area contributed by atoms with E-state index in [2.05, 4.69) is 5.32 Å². The molecule has 4 nitrogen and oxygen atoms in total. The Bertz CT molecular complexity index is 413. The molecule has 0 saturated carbocycles. The number of hydrogen-bond donors (Lipinski definition) is 3. The van der Waals surface area contributed by atoms with Crippen LogP contribution in [0.4, 0.5) is 5.69 Å². The fourth-order valence-corrected chi connectivity index (χ4v) is 1.69. The van der Waals surface area contributed by atoms with Crippen molar-refractivity contribution in [1.29, 1.82) is 0 Å². The maximum absolute atomic E-state index is 11.1. The maximum atomic E-state index is 11.1. The molecule has 0 aliphatic rings. The summed E-state index contributed by atoms with van der Waals surface area (Å²) in [6, 6.07) is 5.17. The summed E-state index contributed by atoms with van der Waals surface area (Å²) in [5.74, 6) is -0.948. The van der Waals surface area contributed by atoms with Gasteiger partial charge in [0.25, 0.3) is 0 Å². The highest BCUT2D eigenvalue weighted by Crippen LogP contribution is 2.25. The first kappa shape index (κ1) is 13.5. The summed E-state index contributed by atoms with van der Waals surface area (Å²) in [4.78, 5) is 11.1. The number of carbonyl (C=O) groups is 1. The number of para-hydroxylation sites is 1. The van der Waals surface area contributed by atoms with E-state index in [0.717, 1.165) is 5.56 Å². The summed E-state index contributed by atoms with van der Waals surface area (Å²) in [6.07, 6.45) is 0.556. The molecular weight excluding hydrogens is 218 g/mol. The van der Waals surface area contributed by atoms with Crippen LogP contribution in [0.5, 0.6) is 0 Å². The molecule has 0 fully saturated rings. The number of aliphatic hydroxyl groups is 1. The number of nitrogens with one attached hydrogen (secondary N) is 1. The quantitative estimate of drug-likeness (QED) is 0.734. The van der Waals surface area contributed by atoms with Crippen molar-refractivity contribution < 1.29 is 15.0 Å². The van der Waals surface area contributed by atoms with Crippen molar-refractivity contribution in [3.05, 3.63) is 29.3 Å². The maximum Gasteiger partial charge on any atom is 0.337 e. The first-order valence-electron chi connectivity index (χ1n) is 5.59. The smallest absolute Gasteiger partial charge is 0.337 e. The van der Waals surface area contributed by atoms with Crippen LogP contribution < -0.4 is 5.32 Å². The van der Waals surface area contributed by atoms with Crippen molar-refractivity contribution in [2.24, 2.45) is 0 Å². The molecule has 0 atom stereocenters. The predicted molar refractivity (Wildman–Crippen MR) is 67.5 cm³/mol. The standard InChI is InChI=1S/C13H19NO3/c1-9-5-4-6-10(12(16)17)11(9)14-13(2,3)7-8-15/h4-6,14-15H,7-8H2,1-3H3,(H,16,17). The molecule has 4 heteroatoms. The Kier molecular flexibility index (Phi) is 4.12. The van der Waals surface area contributed by atoms with Crippen molar-refractivity contribution >= 4 is 11.7 Å². The molecule has 3 N–H and O–H groups in total. The minimum Gasteiger partial charge on any atom is -0.478 e. The summed E-state index contributed by atoms with van der Waals surface area (Å²) >= 11 is 0. The zero-order valence-electron chi connectivity index (χ0n) is 10.4. The van der Waals surface area contributed by atoms with Crippen LogP contribution in [0, 0.1) is 6.92 Å². The lowest BCUT2D eigenvalue weighted by Gasteiger charge is -2.28. The van der Waals surface area contributed by atoms with Gasteiger partial charge in [0.2, 0.25) is 0 Å². The molecular formula is C13H19NO3. The van der Waals surface area contributed by atoms with E-state index >= 15 is 0 Å². The minimum atomic E-state index is -0.948. The normalized spacial score (nSPS) is 11.3. The fourth-order valence-electron chi connectivity index (χ4n) is 1.69. The lowest BCUT2D eigenvalue weighted by atomic mass is 9.98. The Balaban J connectivity index is 3.08. The Labute approximate surface area is 101 Å². The summed E-state index contributed by atoms with van der Waals surface area (Å²) in [6.45, 7) is 5.79. The lowest BCUT2D eigenvalue weighted by Crippen LogP contribution is -2.33. The van der Waals surface area contributed by atoms with Crippen LogP contribution in [0.2, 0.25) is 0 Å². The van der Waals surface area contributed by atoms with E-state index < -0.39 is 5.97 Å². The summed E-state index contributed by atoms with van der Waals surface area (Å²) in [5.41, 5.74) is 1.43. The van der Waals surface area contributed by atoms with E-state index in [0.29, 0.717) is 12.1 Å². The zero-order valence-corrected chi connectivity index (χ0v) is 10.4. The molecule has 0 radical (unpaired) electrons. The fraction of sp³-hybridized carbons (Fsp3) is 0.462. The van der Waals surface area contributed by atoms with Crippen molar-refractivity contribution in [3.63, 3.8) is 0 Å². The Morgan fingerprint density at radius 2 is 2.06 bits per heavy atom. The highest BCUT2D eigenvalue weighted by molar-refractivity contribution is 5.95. The van der Waals surface area contributed by atoms with E-state index in [1.165, 1.54) is 0 Å². The van der Waals surface area contributed by atoms with E-state index in [-0.39, 0.29) is 17.7 Å². The number of aryl methyl sites for hydroxylation is 1. The van der Waals surface area contributed by atoms with Gasteiger partial charge in [0.1, 0.15) is 0 Å². The Morgan fingerprint density at radius 3 is 2.59 bits per heavy atom. The molecule has 94 valence electrons. The molecule has 1 aromatic rings. The lowest BCUT2D eigenvalue weighted by molar-refractivity contribution is 0.0698. The highest BCUT2D eigenvalue weighted by Gasteiger charge is 2.21. The summed E-state index contributed by atoms with van der Waals surface area (Å²) < 4.78 is 0. The first-order valence-corrected chi connectivity index (χ1v) is 5.59. The molecule has 0 spiro atoms. The molecule has 0 unspecified atom stereocenters. The number of anilines is 1. The van der Waals surface area contributed by atoms with Crippen LogP contribution in [0.3, 0.4) is 0 Å². The third kappa shape index (κ3) is 3.46. The molecule has 0 saturated heterocycles. The van der Waals surface area contributed by atoms with Gasteiger partial charge >= 0.3 is 5.97 Å². The van der Waals surface area contributed by atoms with Gasteiger partial charge in [-0.1, -0.05) is 12.1 Å². The zero-order chi connectivity index (χ0) is 13.1. The highest BCUT2D eigenvalue weighted by atomic mass is 16.4. The van der Waals surface area contributed by atoms with Gasteiger partial charge in [0.05, 0.1) is 11.3 Å². The Morgan fingerprint density at radius 1 is 1.41 bits per heavy atom. The van der Waals surface area contributed by atoms with Crippen LogP contribution in [0.15, 0.2) is 18.2 Å². The van der Waals surface area contributed by atoms with Gasteiger partial charge in [-0.2, -0.15) is 0 Å². The molecule has 1 rings (SSSR count).